The van der Waals surface area contributed by atoms with E-state index in [4.69, 9.17) is 4.74 Å². The van der Waals surface area contributed by atoms with Crippen LogP contribution in [0, 0.1) is 6.92 Å². The zero-order valence-corrected chi connectivity index (χ0v) is 14.4. The summed E-state index contributed by atoms with van der Waals surface area (Å²) in [6, 6.07) is 10.2. The first-order chi connectivity index (χ1) is 11.5. The van der Waals surface area contributed by atoms with Crippen LogP contribution in [0.15, 0.2) is 36.5 Å². The highest BCUT2D eigenvalue weighted by Crippen LogP contribution is 2.38. The number of fused-ring (bicyclic) bond motifs is 1. The molecule has 0 saturated carbocycles. The van der Waals surface area contributed by atoms with Gasteiger partial charge in [0, 0.05) is 18.2 Å². The fourth-order valence-electron chi connectivity index (χ4n) is 2.98. The number of likely N-dealkylation sites (N-methyl/N-ethyl adjacent to an activating group) is 1. The number of nitrogens with zero attached hydrogens (tertiary/aromatic N) is 2. The molecule has 3 rings (SSSR count). The van der Waals surface area contributed by atoms with Crippen molar-refractivity contribution in [2.45, 2.75) is 19.4 Å². The van der Waals surface area contributed by atoms with E-state index in [0.717, 1.165) is 29.0 Å². The second-order valence-electron chi connectivity index (χ2n) is 6.45. The first-order valence-electron chi connectivity index (χ1n) is 8.16. The molecule has 1 aliphatic heterocycles. The number of hydrogen-bond donors (Lipinski definition) is 1. The normalized spacial score (nSPS) is 15.9. The lowest BCUT2D eigenvalue weighted by Gasteiger charge is -2.15. The van der Waals surface area contributed by atoms with Gasteiger partial charge in [0.1, 0.15) is 11.9 Å². The van der Waals surface area contributed by atoms with Gasteiger partial charge < -0.3 is 15.0 Å². The van der Waals surface area contributed by atoms with Gasteiger partial charge in [-0.2, -0.15) is 0 Å². The number of para-hydroxylation sites is 1. The van der Waals surface area contributed by atoms with Crippen LogP contribution >= 0.6 is 0 Å². The predicted octanol–water partition coefficient (Wildman–Crippen LogP) is 2.04. The van der Waals surface area contributed by atoms with E-state index in [-0.39, 0.29) is 12.0 Å². The SMILES string of the molecule is Cc1cccnc1-c1cccc2c1OC(CNC(=O)CN(C)C)C2. The van der Waals surface area contributed by atoms with Crippen molar-refractivity contribution in [3.05, 3.63) is 47.7 Å². The summed E-state index contributed by atoms with van der Waals surface area (Å²) in [5.74, 6) is 0.909. The molecule has 0 fully saturated rings. The van der Waals surface area contributed by atoms with E-state index in [9.17, 15) is 4.79 Å². The molecule has 126 valence electrons. The summed E-state index contributed by atoms with van der Waals surface area (Å²) in [5.41, 5.74) is 4.26. The molecule has 0 aliphatic carbocycles. The lowest BCUT2D eigenvalue weighted by molar-refractivity contribution is -0.122. The Balaban J connectivity index is 1.73. The topological polar surface area (TPSA) is 54.5 Å². The van der Waals surface area contributed by atoms with Crippen LogP contribution in [0.1, 0.15) is 11.1 Å². The van der Waals surface area contributed by atoms with Crippen molar-refractivity contribution in [2.75, 3.05) is 27.2 Å². The molecule has 1 amide bonds. The van der Waals surface area contributed by atoms with Crippen molar-refractivity contribution in [2.24, 2.45) is 0 Å². The molecular formula is C19H23N3O2. The zero-order chi connectivity index (χ0) is 17.1. The molecule has 5 heteroatoms. The summed E-state index contributed by atoms with van der Waals surface area (Å²) in [6.07, 6.45) is 2.57. The van der Waals surface area contributed by atoms with E-state index in [1.165, 1.54) is 5.56 Å². The molecule has 24 heavy (non-hydrogen) atoms. The van der Waals surface area contributed by atoms with Gasteiger partial charge in [0.15, 0.2) is 0 Å². The Labute approximate surface area is 142 Å². The second-order valence-corrected chi connectivity index (χ2v) is 6.45. The largest absolute Gasteiger partial charge is 0.487 e. The molecule has 1 aliphatic rings. The van der Waals surface area contributed by atoms with Crippen LogP contribution < -0.4 is 10.1 Å². The van der Waals surface area contributed by atoms with Gasteiger partial charge in [-0.1, -0.05) is 18.2 Å². The van der Waals surface area contributed by atoms with Crippen molar-refractivity contribution in [3.63, 3.8) is 0 Å². The second kappa shape index (κ2) is 7.01. The quantitative estimate of drug-likeness (QED) is 0.914. The lowest BCUT2D eigenvalue weighted by atomic mass is 10.0. The van der Waals surface area contributed by atoms with Crippen molar-refractivity contribution < 1.29 is 9.53 Å². The van der Waals surface area contributed by atoms with Gasteiger partial charge >= 0.3 is 0 Å². The molecule has 0 spiro atoms. The third kappa shape index (κ3) is 3.57. The number of ether oxygens (including phenoxy) is 1. The molecule has 1 N–H and O–H groups in total. The highest BCUT2D eigenvalue weighted by Gasteiger charge is 2.26. The predicted molar refractivity (Wildman–Crippen MR) is 94.1 cm³/mol. The standard InChI is InChI=1S/C19H23N3O2/c1-13-6-5-9-20-18(13)16-8-4-7-14-10-15(24-19(14)16)11-21-17(23)12-22(2)3/h4-9,15H,10-12H2,1-3H3,(H,21,23). The van der Waals surface area contributed by atoms with E-state index in [2.05, 4.69) is 29.4 Å². The fourth-order valence-corrected chi connectivity index (χ4v) is 2.98. The Morgan fingerprint density at radius 1 is 1.33 bits per heavy atom. The van der Waals surface area contributed by atoms with E-state index in [1.807, 2.05) is 37.2 Å². The molecule has 1 atom stereocenters. The highest BCUT2D eigenvalue weighted by atomic mass is 16.5. The van der Waals surface area contributed by atoms with Crippen molar-refractivity contribution in [1.82, 2.24) is 15.2 Å². The van der Waals surface area contributed by atoms with Crippen LogP contribution in [-0.4, -0.2) is 49.1 Å². The Morgan fingerprint density at radius 2 is 2.17 bits per heavy atom. The van der Waals surface area contributed by atoms with E-state index in [1.54, 1.807) is 6.20 Å². The maximum atomic E-state index is 11.8. The molecule has 0 saturated heterocycles. The van der Waals surface area contributed by atoms with Crippen molar-refractivity contribution >= 4 is 5.91 Å². The average Bonchev–Trinajstić information content (AvgIpc) is 2.96. The molecule has 1 unspecified atom stereocenters. The number of hydrogen-bond acceptors (Lipinski definition) is 4. The summed E-state index contributed by atoms with van der Waals surface area (Å²) < 4.78 is 6.13. The summed E-state index contributed by atoms with van der Waals surface area (Å²) >= 11 is 0. The highest BCUT2D eigenvalue weighted by molar-refractivity contribution is 5.78. The first-order valence-corrected chi connectivity index (χ1v) is 8.16. The minimum absolute atomic E-state index is 0.0142. The van der Waals surface area contributed by atoms with Gasteiger partial charge in [-0.15, -0.1) is 0 Å². The maximum absolute atomic E-state index is 11.8. The zero-order valence-electron chi connectivity index (χ0n) is 14.4. The summed E-state index contributed by atoms with van der Waals surface area (Å²) in [4.78, 5) is 18.1. The molecule has 1 aromatic heterocycles. The monoisotopic (exact) mass is 325 g/mol. The maximum Gasteiger partial charge on any atom is 0.234 e. The summed E-state index contributed by atoms with van der Waals surface area (Å²) in [7, 11) is 3.76. The van der Waals surface area contributed by atoms with Gasteiger partial charge in [0.25, 0.3) is 0 Å². The number of aromatic nitrogens is 1. The smallest absolute Gasteiger partial charge is 0.234 e. The Morgan fingerprint density at radius 3 is 2.92 bits per heavy atom. The van der Waals surface area contributed by atoms with Gasteiger partial charge in [-0.05, 0) is 44.3 Å². The third-order valence-electron chi connectivity index (χ3n) is 4.08. The number of aryl methyl sites for hydroxylation is 1. The Kier molecular flexibility index (Phi) is 4.81. The number of nitrogens with one attached hydrogen (secondary N) is 1. The van der Waals surface area contributed by atoms with Crippen LogP contribution in [0.25, 0.3) is 11.3 Å². The first kappa shape index (κ1) is 16.5. The van der Waals surface area contributed by atoms with Crippen molar-refractivity contribution in [1.29, 1.82) is 0 Å². The van der Waals surface area contributed by atoms with Crippen LogP contribution in [0.4, 0.5) is 0 Å². The number of benzene rings is 1. The molecule has 5 nitrogen and oxygen atoms in total. The third-order valence-corrected chi connectivity index (χ3v) is 4.08. The van der Waals surface area contributed by atoms with Crippen LogP contribution in [0.3, 0.4) is 0 Å². The molecule has 2 heterocycles. The molecule has 0 radical (unpaired) electrons. The summed E-state index contributed by atoms with van der Waals surface area (Å²) in [5, 5.41) is 2.94. The van der Waals surface area contributed by atoms with E-state index in [0.29, 0.717) is 13.1 Å². The van der Waals surface area contributed by atoms with Gasteiger partial charge in [-0.3, -0.25) is 9.78 Å². The number of carbonyl (C=O) groups excluding carboxylic acids is 1. The van der Waals surface area contributed by atoms with E-state index < -0.39 is 0 Å². The number of rotatable bonds is 5. The van der Waals surface area contributed by atoms with Gasteiger partial charge in [-0.25, -0.2) is 0 Å². The lowest BCUT2D eigenvalue weighted by Crippen LogP contribution is -2.39. The number of amides is 1. The van der Waals surface area contributed by atoms with Crippen LogP contribution in [0.2, 0.25) is 0 Å². The Hall–Kier alpha value is -2.40. The molecule has 2 aromatic rings. The fraction of sp³-hybridized carbons (Fsp3) is 0.368. The van der Waals surface area contributed by atoms with Crippen molar-refractivity contribution in [3.8, 4) is 17.0 Å². The van der Waals surface area contributed by atoms with Crippen LogP contribution in [-0.2, 0) is 11.2 Å². The minimum Gasteiger partial charge on any atom is -0.487 e. The minimum atomic E-state index is -0.0312. The summed E-state index contributed by atoms with van der Waals surface area (Å²) in [6.45, 7) is 2.95. The number of pyridine rings is 1. The van der Waals surface area contributed by atoms with Gasteiger partial charge in [0.05, 0.1) is 18.8 Å². The Bertz CT molecular complexity index is 743. The average molecular weight is 325 g/mol. The van der Waals surface area contributed by atoms with Crippen LogP contribution in [0.5, 0.6) is 5.75 Å². The van der Waals surface area contributed by atoms with Gasteiger partial charge in [0.2, 0.25) is 5.91 Å². The molecule has 1 aromatic carbocycles. The molecule has 0 bridgehead atoms. The molecular weight excluding hydrogens is 302 g/mol. The number of carbonyl (C=O) groups is 1. The van der Waals surface area contributed by atoms with E-state index >= 15 is 0 Å².